The van der Waals surface area contributed by atoms with Crippen LogP contribution in [0.3, 0.4) is 0 Å². The van der Waals surface area contributed by atoms with Gasteiger partial charge in [-0.2, -0.15) is 0 Å². The van der Waals surface area contributed by atoms with E-state index in [1.54, 1.807) is 0 Å². The Hall–Kier alpha value is 0.699. The number of hydrogen-bond donors (Lipinski definition) is 0. The molecule has 14 nitrogen and oxygen atoms in total. The van der Waals surface area contributed by atoms with E-state index in [1.165, 1.54) is 0 Å². The van der Waals surface area contributed by atoms with Crippen LogP contribution < -0.4 is 0 Å². The molecule has 0 saturated heterocycles. The molecule has 0 saturated carbocycles. The molecule has 0 spiro atoms. The Morgan fingerprint density at radius 1 is 0.421 bits per heavy atom. The minimum absolute atomic E-state index is 0. The summed E-state index contributed by atoms with van der Waals surface area (Å²) in [6.45, 7) is 0. The van der Waals surface area contributed by atoms with Gasteiger partial charge in [0.15, 0.2) is 0 Å². The van der Waals surface area contributed by atoms with Gasteiger partial charge in [-0.25, -0.2) is 0 Å². The minimum Gasteiger partial charge on any atom is -0.759 e. The van der Waals surface area contributed by atoms with E-state index in [0.29, 0.717) is 0 Å². The molecule has 4 N–H and O–H groups in total. The van der Waals surface area contributed by atoms with Gasteiger partial charge in [-0.1, -0.05) is 0 Å². The zero-order valence-electron chi connectivity index (χ0n) is 8.02. The molecule has 0 rings (SSSR count). The van der Waals surface area contributed by atoms with Gasteiger partial charge in [0.1, 0.15) is 0 Å². The summed E-state index contributed by atoms with van der Waals surface area (Å²) in [6, 6.07) is 0. The van der Waals surface area contributed by atoms with E-state index in [9.17, 15) is 0 Å². The van der Waals surface area contributed by atoms with Gasteiger partial charge in [0.25, 0.3) is 0 Å². The molecule has 0 aromatic heterocycles. The third kappa shape index (κ3) is 10700. The molecule has 19 heavy (non-hydrogen) atoms. The SMILES string of the molecule is O.O.O=S(=O)([O-])[O-].O=S(=O)([O-])[O-].O=S(=O)([O-])[O-].[V].[V]. The van der Waals surface area contributed by atoms with Gasteiger partial charge in [0.2, 0.25) is 0 Å². The van der Waals surface area contributed by atoms with Crippen LogP contribution in [0.25, 0.3) is 0 Å². The second-order valence-corrected chi connectivity index (χ2v) is 3.67. The van der Waals surface area contributed by atoms with Crippen molar-refractivity contribution >= 4 is 31.2 Å². The van der Waals surface area contributed by atoms with Crippen molar-refractivity contribution in [2.45, 2.75) is 0 Å². The standard InChI is InChI=1S/3H2O4S.2H2O.2V/c3*1-5(2,3)4;;;;/h3*(H2,1,2,3,4);2*1H2;;/p-6. The topological polar surface area (TPSA) is 304 Å². The first-order valence-corrected chi connectivity index (χ1v) is 6.00. The number of rotatable bonds is 0. The van der Waals surface area contributed by atoms with Crippen molar-refractivity contribution in [2.75, 3.05) is 0 Å². The first-order valence-electron chi connectivity index (χ1n) is 2.00. The fourth-order valence-corrected chi connectivity index (χ4v) is 0. The summed E-state index contributed by atoms with van der Waals surface area (Å²) in [7, 11) is -15.5. The zero-order valence-corrected chi connectivity index (χ0v) is 13.3. The van der Waals surface area contributed by atoms with E-state index in [2.05, 4.69) is 0 Å². The first kappa shape index (κ1) is 42.7. The Morgan fingerprint density at radius 3 is 0.421 bits per heavy atom. The molecular weight excluding hydrogens is 422 g/mol. The van der Waals surface area contributed by atoms with Crippen LogP contribution in [-0.4, -0.2) is 63.5 Å². The average Bonchev–Trinajstić information content (AvgIpc) is 1.41. The van der Waals surface area contributed by atoms with Crippen LogP contribution >= 0.6 is 0 Å². The Morgan fingerprint density at radius 2 is 0.421 bits per heavy atom. The van der Waals surface area contributed by atoms with E-state index in [4.69, 9.17) is 52.6 Å². The van der Waals surface area contributed by atoms with Gasteiger partial charge < -0.3 is 38.3 Å². The summed E-state index contributed by atoms with van der Waals surface area (Å²) in [5.41, 5.74) is 0. The van der Waals surface area contributed by atoms with E-state index in [0.717, 1.165) is 0 Å². The summed E-state index contributed by atoms with van der Waals surface area (Å²) in [4.78, 5) is 0. The summed E-state index contributed by atoms with van der Waals surface area (Å²) < 4.78 is 102. The van der Waals surface area contributed by atoms with Crippen molar-refractivity contribution in [1.29, 1.82) is 0 Å². The molecule has 0 bridgehead atoms. The molecule has 0 aliphatic carbocycles. The van der Waals surface area contributed by atoms with Crippen LogP contribution in [-0.2, 0) is 68.3 Å². The van der Waals surface area contributed by atoms with Gasteiger partial charge in [-0.15, -0.1) is 0 Å². The van der Waals surface area contributed by atoms with Crippen LogP contribution in [0, 0.1) is 0 Å². The fraction of sp³-hybridized carbons (Fsp3) is 0. The Balaban J connectivity index is -0.0000000206. The molecule has 0 fully saturated rings. The molecule has 0 aromatic carbocycles. The van der Waals surface area contributed by atoms with Crippen LogP contribution in [0.15, 0.2) is 0 Å². The first-order chi connectivity index (χ1) is 6.00. The Kier molecular flexibility index (Phi) is 37.7. The minimum atomic E-state index is -5.17. The van der Waals surface area contributed by atoms with Crippen molar-refractivity contribution in [1.82, 2.24) is 0 Å². The van der Waals surface area contributed by atoms with Crippen molar-refractivity contribution in [3.63, 3.8) is 0 Å². The number of hydrogen-bond acceptors (Lipinski definition) is 12. The van der Waals surface area contributed by atoms with Crippen molar-refractivity contribution in [2.24, 2.45) is 0 Å². The molecule has 0 aliphatic rings. The summed E-state index contributed by atoms with van der Waals surface area (Å²) in [5.74, 6) is 0. The maximum absolute atomic E-state index is 8.52. The molecular formula is H4O14S3V2-6. The van der Waals surface area contributed by atoms with Gasteiger partial charge >= 0.3 is 0 Å². The second-order valence-electron chi connectivity index (χ2n) is 1.22. The second kappa shape index (κ2) is 16.8. The zero-order chi connectivity index (χ0) is 13.5. The maximum Gasteiger partial charge on any atom is 0.0311 e. The third-order valence-electron chi connectivity index (χ3n) is 0. The van der Waals surface area contributed by atoms with E-state index in [-0.39, 0.29) is 48.1 Å². The van der Waals surface area contributed by atoms with Crippen LogP contribution in [0.4, 0.5) is 0 Å². The molecule has 0 amide bonds. The quantitative estimate of drug-likeness (QED) is 0.258. The Bertz CT molecular complexity index is 342. The van der Waals surface area contributed by atoms with Crippen molar-refractivity contribution < 1.29 is 101 Å². The van der Waals surface area contributed by atoms with Crippen LogP contribution in [0.5, 0.6) is 0 Å². The van der Waals surface area contributed by atoms with Gasteiger partial charge in [-0.05, 0) is 0 Å². The maximum atomic E-state index is 8.52. The van der Waals surface area contributed by atoms with Crippen LogP contribution in [0.2, 0.25) is 0 Å². The molecule has 122 valence electrons. The third-order valence-corrected chi connectivity index (χ3v) is 0. The predicted octanol–water partition coefficient (Wildman–Crippen LogP) is -5.67. The molecule has 19 heteroatoms. The van der Waals surface area contributed by atoms with E-state index < -0.39 is 31.2 Å². The smallest absolute Gasteiger partial charge is 0.0311 e. The van der Waals surface area contributed by atoms with Gasteiger partial charge in [0, 0.05) is 68.3 Å². The fourth-order valence-electron chi connectivity index (χ4n) is 0. The van der Waals surface area contributed by atoms with Crippen LogP contribution in [0.1, 0.15) is 0 Å². The molecule has 0 atom stereocenters. The van der Waals surface area contributed by atoms with Crippen molar-refractivity contribution in [3.05, 3.63) is 0 Å². The largest absolute Gasteiger partial charge is 0.759 e. The monoisotopic (exact) mass is 426 g/mol. The Labute approximate surface area is 131 Å². The van der Waals surface area contributed by atoms with E-state index in [1.807, 2.05) is 0 Å². The van der Waals surface area contributed by atoms with Gasteiger partial charge in [-0.3, -0.25) is 25.3 Å². The molecule has 0 aromatic rings. The normalized spacial score (nSPS) is 9.16. The average molecular weight is 426 g/mol. The summed E-state index contributed by atoms with van der Waals surface area (Å²) in [5, 5.41) is 0. The van der Waals surface area contributed by atoms with Gasteiger partial charge in [0.05, 0.1) is 0 Å². The molecule has 0 aliphatic heterocycles. The van der Waals surface area contributed by atoms with E-state index >= 15 is 0 Å². The molecule has 2 radical (unpaired) electrons. The van der Waals surface area contributed by atoms with Crippen molar-refractivity contribution in [3.8, 4) is 0 Å². The summed E-state index contributed by atoms with van der Waals surface area (Å²) >= 11 is 0. The summed E-state index contributed by atoms with van der Waals surface area (Å²) in [6.07, 6.45) is 0. The predicted molar refractivity (Wildman–Crippen MR) is 38.7 cm³/mol. The molecule has 0 unspecified atom stereocenters. The molecule has 0 heterocycles.